The summed E-state index contributed by atoms with van der Waals surface area (Å²) in [5.41, 5.74) is 0. The van der Waals surface area contributed by atoms with Gasteiger partial charge in [-0.05, 0) is 25.8 Å². The average Bonchev–Trinajstić information content (AvgIpc) is 2.28. The van der Waals surface area contributed by atoms with E-state index in [9.17, 15) is 9.59 Å². The van der Waals surface area contributed by atoms with E-state index in [1.807, 2.05) is 11.9 Å². The second kappa shape index (κ2) is 6.73. The summed E-state index contributed by atoms with van der Waals surface area (Å²) < 4.78 is 0. The molecule has 0 N–H and O–H groups in total. The second-order valence-corrected chi connectivity index (χ2v) is 5.55. The van der Waals surface area contributed by atoms with Crippen LogP contribution in [0.5, 0.6) is 0 Å². The SMILES string of the molecule is CC1CCCN(C(=O)CN(C)CC(=O)N(C)C)C1. The van der Waals surface area contributed by atoms with Crippen molar-refractivity contribution in [1.29, 1.82) is 0 Å². The number of likely N-dealkylation sites (tertiary alicyclic amines) is 1. The Morgan fingerprint density at radius 2 is 1.89 bits per heavy atom. The van der Waals surface area contributed by atoms with Crippen molar-refractivity contribution in [1.82, 2.24) is 14.7 Å². The number of nitrogens with zero attached hydrogens (tertiary/aromatic N) is 3. The van der Waals surface area contributed by atoms with Gasteiger partial charge in [0.05, 0.1) is 13.1 Å². The maximum absolute atomic E-state index is 12.1. The standard InChI is InChI=1S/C13H25N3O2/c1-11-6-5-7-16(8-11)13(18)10-15(4)9-12(17)14(2)3/h11H,5-10H2,1-4H3. The molecule has 0 aromatic heterocycles. The minimum absolute atomic E-state index is 0.0253. The molecule has 1 rings (SSSR count). The van der Waals surface area contributed by atoms with Crippen molar-refractivity contribution in [2.24, 2.45) is 5.92 Å². The summed E-state index contributed by atoms with van der Waals surface area (Å²) in [4.78, 5) is 28.8. The Bertz CT molecular complexity index is 305. The molecule has 1 saturated heterocycles. The lowest BCUT2D eigenvalue weighted by Gasteiger charge is -2.32. The van der Waals surface area contributed by atoms with Crippen LogP contribution >= 0.6 is 0 Å². The maximum Gasteiger partial charge on any atom is 0.236 e. The monoisotopic (exact) mass is 255 g/mol. The molecular weight excluding hydrogens is 230 g/mol. The molecule has 0 aromatic carbocycles. The van der Waals surface area contributed by atoms with Crippen molar-refractivity contribution in [2.75, 3.05) is 47.3 Å². The number of carbonyl (C=O) groups is 2. The summed E-state index contributed by atoms with van der Waals surface area (Å²) in [6.07, 6.45) is 2.30. The van der Waals surface area contributed by atoms with Gasteiger partial charge in [0, 0.05) is 27.2 Å². The van der Waals surface area contributed by atoms with Crippen LogP contribution in [0.3, 0.4) is 0 Å². The number of amides is 2. The van der Waals surface area contributed by atoms with Gasteiger partial charge in [-0.2, -0.15) is 0 Å². The molecule has 1 heterocycles. The molecule has 1 aliphatic heterocycles. The highest BCUT2D eigenvalue weighted by Gasteiger charge is 2.22. The Kier molecular flexibility index (Phi) is 5.59. The molecule has 1 unspecified atom stereocenters. The van der Waals surface area contributed by atoms with E-state index < -0.39 is 0 Å². The normalized spacial score (nSPS) is 20.1. The molecule has 1 atom stereocenters. The fraction of sp³-hybridized carbons (Fsp3) is 0.846. The molecule has 0 radical (unpaired) electrons. The first-order valence-electron chi connectivity index (χ1n) is 6.56. The quantitative estimate of drug-likeness (QED) is 0.724. The van der Waals surface area contributed by atoms with Gasteiger partial charge in [-0.15, -0.1) is 0 Å². The highest BCUT2D eigenvalue weighted by molar-refractivity contribution is 5.81. The lowest BCUT2D eigenvalue weighted by molar-refractivity contribution is -0.135. The van der Waals surface area contributed by atoms with Crippen molar-refractivity contribution in [3.8, 4) is 0 Å². The summed E-state index contributed by atoms with van der Waals surface area (Å²) in [6.45, 7) is 4.51. The summed E-state index contributed by atoms with van der Waals surface area (Å²) in [5.74, 6) is 0.754. The van der Waals surface area contributed by atoms with Crippen LogP contribution in [0.15, 0.2) is 0 Å². The molecule has 1 fully saturated rings. The number of hydrogen-bond donors (Lipinski definition) is 0. The molecule has 2 amide bonds. The fourth-order valence-electron chi connectivity index (χ4n) is 2.18. The average molecular weight is 255 g/mol. The first-order valence-corrected chi connectivity index (χ1v) is 6.56. The number of piperidine rings is 1. The Morgan fingerprint density at radius 3 is 2.44 bits per heavy atom. The summed E-state index contributed by atoms with van der Waals surface area (Å²) in [6, 6.07) is 0. The predicted molar refractivity (Wildman–Crippen MR) is 71.2 cm³/mol. The van der Waals surface area contributed by atoms with E-state index in [-0.39, 0.29) is 11.8 Å². The van der Waals surface area contributed by atoms with Crippen molar-refractivity contribution >= 4 is 11.8 Å². The number of rotatable bonds is 4. The van der Waals surface area contributed by atoms with Gasteiger partial charge in [-0.1, -0.05) is 6.92 Å². The Morgan fingerprint density at radius 1 is 1.22 bits per heavy atom. The molecule has 5 nitrogen and oxygen atoms in total. The van der Waals surface area contributed by atoms with Crippen LogP contribution < -0.4 is 0 Å². The topological polar surface area (TPSA) is 43.9 Å². The van der Waals surface area contributed by atoms with E-state index in [2.05, 4.69) is 6.92 Å². The lowest BCUT2D eigenvalue weighted by Crippen LogP contribution is -2.45. The van der Waals surface area contributed by atoms with Crippen molar-refractivity contribution < 1.29 is 9.59 Å². The highest BCUT2D eigenvalue weighted by atomic mass is 16.2. The molecule has 5 heteroatoms. The smallest absolute Gasteiger partial charge is 0.236 e. The first-order chi connectivity index (χ1) is 8.40. The third-order valence-corrected chi connectivity index (χ3v) is 3.32. The van der Waals surface area contributed by atoms with Gasteiger partial charge in [-0.3, -0.25) is 14.5 Å². The number of hydrogen-bond acceptors (Lipinski definition) is 3. The van der Waals surface area contributed by atoms with E-state index in [1.54, 1.807) is 23.9 Å². The van der Waals surface area contributed by atoms with Gasteiger partial charge in [0.2, 0.25) is 11.8 Å². The van der Waals surface area contributed by atoms with Crippen LogP contribution in [0.1, 0.15) is 19.8 Å². The highest BCUT2D eigenvalue weighted by Crippen LogP contribution is 2.15. The summed E-state index contributed by atoms with van der Waals surface area (Å²) in [5, 5.41) is 0. The zero-order chi connectivity index (χ0) is 13.7. The number of carbonyl (C=O) groups excluding carboxylic acids is 2. The molecule has 0 bridgehead atoms. The Hall–Kier alpha value is -1.10. The van der Waals surface area contributed by atoms with Crippen LogP contribution in [0.2, 0.25) is 0 Å². The molecule has 1 aliphatic rings. The van der Waals surface area contributed by atoms with E-state index >= 15 is 0 Å². The molecule has 104 valence electrons. The van der Waals surface area contributed by atoms with E-state index in [0.717, 1.165) is 19.5 Å². The zero-order valence-corrected chi connectivity index (χ0v) is 12.0. The van der Waals surface area contributed by atoms with Gasteiger partial charge < -0.3 is 9.80 Å². The Labute approximate surface area is 110 Å². The molecule has 18 heavy (non-hydrogen) atoms. The molecule has 0 saturated carbocycles. The third kappa shape index (κ3) is 4.64. The second-order valence-electron chi connectivity index (χ2n) is 5.55. The van der Waals surface area contributed by atoms with Gasteiger partial charge >= 0.3 is 0 Å². The molecule has 0 spiro atoms. The van der Waals surface area contributed by atoms with Crippen molar-refractivity contribution in [3.05, 3.63) is 0 Å². The van der Waals surface area contributed by atoms with Crippen LogP contribution in [0.25, 0.3) is 0 Å². The minimum Gasteiger partial charge on any atom is -0.348 e. The summed E-state index contributed by atoms with van der Waals surface area (Å²) >= 11 is 0. The summed E-state index contributed by atoms with van der Waals surface area (Å²) in [7, 11) is 5.27. The van der Waals surface area contributed by atoms with Gasteiger partial charge in [0.15, 0.2) is 0 Å². The number of likely N-dealkylation sites (N-methyl/N-ethyl adjacent to an activating group) is 2. The van der Waals surface area contributed by atoms with E-state index in [4.69, 9.17) is 0 Å². The van der Waals surface area contributed by atoms with Crippen LogP contribution in [-0.4, -0.2) is 73.8 Å². The molecular formula is C13H25N3O2. The zero-order valence-electron chi connectivity index (χ0n) is 12.0. The molecule has 0 aromatic rings. The first kappa shape index (κ1) is 15.0. The third-order valence-electron chi connectivity index (χ3n) is 3.32. The van der Waals surface area contributed by atoms with E-state index in [1.165, 1.54) is 6.42 Å². The maximum atomic E-state index is 12.1. The van der Waals surface area contributed by atoms with Crippen molar-refractivity contribution in [3.63, 3.8) is 0 Å². The van der Waals surface area contributed by atoms with Crippen LogP contribution in [0.4, 0.5) is 0 Å². The van der Waals surface area contributed by atoms with E-state index in [0.29, 0.717) is 19.0 Å². The lowest BCUT2D eigenvalue weighted by atomic mass is 10.0. The minimum atomic E-state index is 0.0253. The van der Waals surface area contributed by atoms with Gasteiger partial charge in [-0.25, -0.2) is 0 Å². The molecule has 0 aliphatic carbocycles. The Balaban J connectivity index is 2.37. The predicted octanol–water partition coefficient (Wildman–Crippen LogP) is 0.265. The largest absolute Gasteiger partial charge is 0.348 e. The van der Waals surface area contributed by atoms with Gasteiger partial charge in [0.25, 0.3) is 0 Å². The van der Waals surface area contributed by atoms with Gasteiger partial charge in [0.1, 0.15) is 0 Å². The van der Waals surface area contributed by atoms with Crippen LogP contribution in [0, 0.1) is 5.92 Å². The fourth-order valence-corrected chi connectivity index (χ4v) is 2.18. The van der Waals surface area contributed by atoms with Crippen LogP contribution in [-0.2, 0) is 9.59 Å². The van der Waals surface area contributed by atoms with Crippen molar-refractivity contribution in [2.45, 2.75) is 19.8 Å².